The number of carbonyl (C=O) groups is 1. The Bertz CT molecular complexity index is 1070. The average molecular weight is 341 g/mol. The first kappa shape index (κ1) is 16.1. The summed E-state index contributed by atoms with van der Waals surface area (Å²) in [5, 5.41) is 2.97. The lowest BCUT2D eigenvalue weighted by Gasteiger charge is -2.06. The SMILES string of the molecule is Cc1ccn2cc(-c3cccc(NC(=O)Cc4ccccc4)c3)nc2c1. The molecular formula is C22H19N3O. The summed E-state index contributed by atoms with van der Waals surface area (Å²) in [5.74, 6) is -0.0287. The second kappa shape index (κ2) is 6.84. The summed E-state index contributed by atoms with van der Waals surface area (Å²) in [6.45, 7) is 2.05. The van der Waals surface area contributed by atoms with E-state index in [0.29, 0.717) is 6.42 Å². The van der Waals surface area contributed by atoms with Crippen LogP contribution < -0.4 is 5.32 Å². The molecule has 2 heterocycles. The van der Waals surface area contributed by atoms with Crippen LogP contribution in [0.25, 0.3) is 16.9 Å². The van der Waals surface area contributed by atoms with Crippen molar-refractivity contribution in [2.45, 2.75) is 13.3 Å². The quantitative estimate of drug-likeness (QED) is 0.594. The number of hydrogen-bond acceptors (Lipinski definition) is 2. The Balaban J connectivity index is 1.55. The number of rotatable bonds is 4. The maximum atomic E-state index is 12.3. The molecule has 0 fully saturated rings. The lowest BCUT2D eigenvalue weighted by Crippen LogP contribution is -2.14. The molecule has 0 radical (unpaired) electrons. The molecule has 0 unspecified atom stereocenters. The van der Waals surface area contributed by atoms with Gasteiger partial charge in [-0.3, -0.25) is 4.79 Å². The van der Waals surface area contributed by atoms with Crippen molar-refractivity contribution in [3.8, 4) is 11.3 Å². The monoisotopic (exact) mass is 341 g/mol. The number of pyridine rings is 1. The Morgan fingerprint density at radius 3 is 2.73 bits per heavy atom. The molecule has 4 nitrogen and oxygen atoms in total. The van der Waals surface area contributed by atoms with Gasteiger partial charge in [-0.05, 0) is 42.3 Å². The summed E-state index contributed by atoms with van der Waals surface area (Å²) in [4.78, 5) is 17.0. The highest BCUT2D eigenvalue weighted by molar-refractivity contribution is 5.92. The van der Waals surface area contributed by atoms with Gasteiger partial charge in [0.25, 0.3) is 0 Å². The third-order valence-electron chi connectivity index (χ3n) is 4.27. The minimum absolute atomic E-state index is 0.0287. The topological polar surface area (TPSA) is 46.4 Å². The van der Waals surface area contributed by atoms with Crippen LogP contribution in [0.5, 0.6) is 0 Å². The van der Waals surface area contributed by atoms with Gasteiger partial charge in [0, 0.05) is 23.6 Å². The summed E-state index contributed by atoms with van der Waals surface area (Å²) >= 11 is 0. The summed E-state index contributed by atoms with van der Waals surface area (Å²) in [5.41, 5.74) is 5.72. The second-order valence-corrected chi connectivity index (χ2v) is 6.39. The number of nitrogens with zero attached hydrogens (tertiary/aromatic N) is 2. The standard InChI is InChI=1S/C22H19N3O/c1-16-10-11-25-15-20(24-21(25)12-16)18-8-5-9-19(14-18)23-22(26)13-17-6-3-2-4-7-17/h2-12,14-15H,13H2,1H3,(H,23,26). The number of benzene rings is 2. The lowest BCUT2D eigenvalue weighted by atomic mass is 10.1. The average Bonchev–Trinajstić information content (AvgIpc) is 3.06. The summed E-state index contributed by atoms with van der Waals surface area (Å²) in [6, 6.07) is 21.6. The van der Waals surface area contributed by atoms with Gasteiger partial charge >= 0.3 is 0 Å². The van der Waals surface area contributed by atoms with Crippen LogP contribution in [-0.2, 0) is 11.2 Å². The Hall–Kier alpha value is -3.40. The molecule has 0 bridgehead atoms. The van der Waals surface area contributed by atoms with E-state index >= 15 is 0 Å². The molecule has 2 aromatic carbocycles. The van der Waals surface area contributed by atoms with Gasteiger partial charge in [-0.25, -0.2) is 4.98 Å². The Kier molecular flexibility index (Phi) is 4.23. The van der Waals surface area contributed by atoms with Gasteiger partial charge in [-0.2, -0.15) is 0 Å². The number of aromatic nitrogens is 2. The van der Waals surface area contributed by atoms with Crippen LogP contribution in [0.3, 0.4) is 0 Å². The highest BCUT2D eigenvalue weighted by atomic mass is 16.1. The van der Waals surface area contributed by atoms with Crippen LogP contribution in [0.2, 0.25) is 0 Å². The number of amides is 1. The molecule has 4 heteroatoms. The van der Waals surface area contributed by atoms with E-state index in [1.54, 1.807) is 0 Å². The summed E-state index contributed by atoms with van der Waals surface area (Å²) < 4.78 is 2.00. The predicted molar refractivity (Wildman–Crippen MR) is 104 cm³/mol. The van der Waals surface area contributed by atoms with E-state index in [-0.39, 0.29) is 5.91 Å². The number of nitrogens with one attached hydrogen (secondary N) is 1. The van der Waals surface area contributed by atoms with E-state index in [1.165, 1.54) is 5.56 Å². The van der Waals surface area contributed by atoms with Crippen molar-refractivity contribution < 1.29 is 4.79 Å². The van der Waals surface area contributed by atoms with Gasteiger partial charge in [0.15, 0.2) is 0 Å². The fourth-order valence-electron chi connectivity index (χ4n) is 2.97. The molecule has 0 saturated carbocycles. The highest BCUT2D eigenvalue weighted by Crippen LogP contribution is 2.23. The predicted octanol–water partition coefficient (Wildman–Crippen LogP) is 4.49. The first-order valence-corrected chi connectivity index (χ1v) is 8.57. The van der Waals surface area contributed by atoms with Crippen LogP contribution in [0.1, 0.15) is 11.1 Å². The van der Waals surface area contributed by atoms with Crippen LogP contribution >= 0.6 is 0 Å². The van der Waals surface area contributed by atoms with Gasteiger partial charge in [-0.15, -0.1) is 0 Å². The number of imidazole rings is 1. The molecule has 0 spiro atoms. The number of anilines is 1. The molecule has 2 aromatic heterocycles. The minimum atomic E-state index is -0.0287. The van der Waals surface area contributed by atoms with Crippen molar-refractivity contribution >= 4 is 17.2 Å². The molecule has 0 atom stereocenters. The fraction of sp³-hybridized carbons (Fsp3) is 0.0909. The third kappa shape index (κ3) is 3.49. The zero-order valence-electron chi connectivity index (χ0n) is 14.5. The Labute approximate surface area is 152 Å². The number of aryl methyl sites for hydroxylation is 1. The normalized spacial score (nSPS) is 10.8. The molecule has 4 aromatic rings. The molecule has 1 N–H and O–H groups in total. The van der Waals surface area contributed by atoms with Crippen LogP contribution in [0.4, 0.5) is 5.69 Å². The summed E-state index contributed by atoms with van der Waals surface area (Å²) in [6.07, 6.45) is 4.37. The molecule has 4 rings (SSSR count). The van der Waals surface area contributed by atoms with Crippen LogP contribution in [-0.4, -0.2) is 15.3 Å². The lowest BCUT2D eigenvalue weighted by molar-refractivity contribution is -0.115. The summed E-state index contributed by atoms with van der Waals surface area (Å²) in [7, 11) is 0. The molecule has 1 amide bonds. The van der Waals surface area contributed by atoms with Gasteiger partial charge in [0.1, 0.15) is 5.65 Å². The zero-order valence-corrected chi connectivity index (χ0v) is 14.5. The minimum Gasteiger partial charge on any atom is -0.326 e. The first-order chi connectivity index (χ1) is 12.7. The molecule has 0 aliphatic carbocycles. The van der Waals surface area contributed by atoms with Crippen LogP contribution in [0, 0.1) is 6.92 Å². The zero-order chi connectivity index (χ0) is 17.9. The van der Waals surface area contributed by atoms with E-state index in [0.717, 1.165) is 28.2 Å². The molecule has 128 valence electrons. The second-order valence-electron chi connectivity index (χ2n) is 6.39. The van der Waals surface area contributed by atoms with Gasteiger partial charge in [-0.1, -0.05) is 42.5 Å². The van der Waals surface area contributed by atoms with Crippen LogP contribution in [0.15, 0.2) is 79.1 Å². The molecule has 26 heavy (non-hydrogen) atoms. The van der Waals surface area contributed by atoms with Crippen molar-refractivity contribution in [2.24, 2.45) is 0 Å². The molecule has 0 aliphatic rings. The van der Waals surface area contributed by atoms with Gasteiger partial charge in [0.05, 0.1) is 12.1 Å². The number of fused-ring (bicyclic) bond motifs is 1. The maximum Gasteiger partial charge on any atom is 0.228 e. The Morgan fingerprint density at radius 2 is 1.88 bits per heavy atom. The van der Waals surface area contributed by atoms with Gasteiger partial charge < -0.3 is 9.72 Å². The number of hydrogen-bond donors (Lipinski definition) is 1. The van der Waals surface area contributed by atoms with E-state index in [1.807, 2.05) is 71.4 Å². The first-order valence-electron chi connectivity index (χ1n) is 8.57. The largest absolute Gasteiger partial charge is 0.326 e. The maximum absolute atomic E-state index is 12.3. The van der Waals surface area contributed by atoms with Gasteiger partial charge in [0.2, 0.25) is 5.91 Å². The fourth-order valence-corrected chi connectivity index (χ4v) is 2.97. The van der Waals surface area contributed by atoms with Crippen molar-refractivity contribution in [3.63, 3.8) is 0 Å². The van der Waals surface area contributed by atoms with Crippen molar-refractivity contribution in [1.82, 2.24) is 9.38 Å². The molecular weight excluding hydrogens is 322 g/mol. The molecule has 0 aliphatic heterocycles. The highest BCUT2D eigenvalue weighted by Gasteiger charge is 2.08. The van der Waals surface area contributed by atoms with E-state index in [9.17, 15) is 4.79 Å². The van der Waals surface area contributed by atoms with Crippen molar-refractivity contribution in [2.75, 3.05) is 5.32 Å². The van der Waals surface area contributed by atoms with Crippen molar-refractivity contribution in [3.05, 3.63) is 90.3 Å². The smallest absolute Gasteiger partial charge is 0.228 e. The van der Waals surface area contributed by atoms with E-state index < -0.39 is 0 Å². The van der Waals surface area contributed by atoms with E-state index in [2.05, 4.69) is 29.4 Å². The van der Waals surface area contributed by atoms with Crippen molar-refractivity contribution in [1.29, 1.82) is 0 Å². The Morgan fingerprint density at radius 1 is 1.04 bits per heavy atom. The molecule has 0 saturated heterocycles. The number of carbonyl (C=O) groups excluding carboxylic acids is 1. The van der Waals surface area contributed by atoms with E-state index in [4.69, 9.17) is 0 Å². The third-order valence-corrected chi connectivity index (χ3v) is 4.27.